The molecule has 0 saturated carbocycles. The zero-order chi connectivity index (χ0) is 12.3. The summed E-state index contributed by atoms with van der Waals surface area (Å²) in [5.74, 6) is 0.194. The molecule has 2 N–H and O–H groups in total. The highest BCUT2D eigenvalue weighted by atomic mass is 35.5. The van der Waals surface area contributed by atoms with Gasteiger partial charge in [-0.25, -0.2) is 0 Å². The topological polar surface area (TPSA) is 41.1 Å². The van der Waals surface area contributed by atoms with Crippen molar-refractivity contribution in [3.05, 3.63) is 34.9 Å². The highest BCUT2D eigenvalue weighted by Gasteiger charge is 2.28. The molecule has 1 aromatic rings. The van der Waals surface area contributed by atoms with E-state index < -0.39 is 0 Å². The maximum Gasteiger partial charge on any atom is 0.224 e. The van der Waals surface area contributed by atoms with E-state index in [-0.39, 0.29) is 17.9 Å². The molecule has 0 aliphatic carbocycles. The van der Waals surface area contributed by atoms with Gasteiger partial charge in [0.2, 0.25) is 5.91 Å². The molecule has 4 heteroatoms. The van der Waals surface area contributed by atoms with Gasteiger partial charge in [-0.3, -0.25) is 4.79 Å². The van der Waals surface area contributed by atoms with Crippen LogP contribution >= 0.6 is 11.6 Å². The molecule has 1 amide bonds. The number of hydrogen-bond donors (Lipinski definition) is 2. The van der Waals surface area contributed by atoms with Gasteiger partial charge in [0.25, 0.3) is 0 Å². The van der Waals surface area contributed by atoms with Crippen molar-refractivity contribution in [1.29, 1.82) is 0 Å². The number of carbonyl (C=O) groups excluding carboxylic acids is 1. The monoisotopic (exact) mass is 252 g/mol. The van der Waals surface area contributed by atoms with Crippen molar-refractivity contribution in [3.63, 3.8) is 0 Å². The van der Waals surface area contributed by atoms with Crippen LogP contribution in [0.25, 0.3) is 0 Å². The van der Waals surface area contributed by atoms with Gasteiger partial charge in [0.15, 0.2) is 0 Å². The minimum Gasteiger partial charge on any atom is -0.352 e. The van der Waals surface area contributed by atoms with E-state index in [9.17, 15) is 4.79 Å². The number of nitrogens with one attached hydrogen (secondary N) is 2. The second kappa shape index (κ2) is 5.52. The summed E-state index contributed by atoms with van der Waals surface area (Å²) in [6.45, 7) is 3.47. The molecule has 92 valence electrons. The number of carbonyl (C=O) groups is 1. The molecule has 3 nitrogen and oxygen atoms in total. The van der Waals surface area contributed by atoms with Gasteiger partial charge in [0, 0.05) is 17.6 Å². The Hall–Kier alpha value is -1.06. The lowest BCUT2D eigenvalue weighted by Gasteiger charge is -2.15. The van der Waals surface area contributed by atoms with Crippen LogP contribution in [0.15, 0.2) is 24.3 Å². The third-order valence-electron chi connectivity index (χ3n) is 3.27. The van der Waals surface area contributed by atoms with Crippen LogP contribution in [0.4, 0.5) is 0 Å². The lowest BCUT2D eigenvalue weighted by Crippen LogP contribution is -2.36. The van der Waals surface area contributed by atoms with Gasteiger partial charge in [-0.1, -0.05) is 29.8 Å². The average Bonchev–Trinajstić information content (AvgIpc) is 2.74. The molecule has 1 saturated heterocycles. The van der Waals surface area contributed by atoms with Crippen LogP contribution in [0.2, 0.25) is 5.02 Å². The Morgan fingerprint density at radius 2 is 2.29 bits per heavy atom. The van der Waals surface area contributed by atoms with Crippen molar-refractivity contribution in [2.24, 2.45) is 5.92 Å². The van der Waals surface area contributed by atoms with E-state index in [1.165, 1.54) is 0 Å². The number of amides is 1. The normalized spacial score (nSPS) is 23.6. The van der Waals surface area contributed by atoms with E-state index >= 15 is 0 Å². The molecule has 0 spiro atoms. The predicted molar refractivity (Wildman–Crippen MR) is 68.9 cm³/mol. The van der Waals surface area contributed by atoms with Gasteiger partial charge < -0.3 is 10.6 Å². The largest absolute Gasteiger partial charge is 0.352 e. The van der Waals surface area contributed by atoms with E-state index in [0.717, 1.165) is 18.5 Å². The van der Waals surface area contributed by atoms with E-state index in [4.69, 9.17) is 11.6 Å². The first-order chi connectivity index (χ1) is 8.18. The van der Waals surface area contributed by atoms with Crippen molar-refractivity contribution in [1.82, 2.24) is 10.6 Å². The van der Waals surface area contributed by atoms with Crippen molar-refractivity contribution in [2.45, 2.75) is 25.9 Å². The van der Waals surface area contributed by atoms with Gasteiger partial charge >= 0.3 is 0 Å². The Labute approximate surface area is 107 Å². The minimum absolute atomic E-state index is 0.0810. The van der Waals surface area contributed by atoms with Gasteiger partial charge in [-0.05, 0) is 31.5 Å². The molecule has 1 aliphatic heterocycles. The Morgan fingerprint density at radius 3 is 2.94 bits per heavy atom. The first-order valence-electron chi connectivity index (χ1n) is 5.93. The molecule has 2 unspecified atom stereocenters. The molecule has 2 atom stereocenters. The van der Waals surface area contributed by atoms with E-state index in [1.54, 1.807) is 0 Å². The maximum atomic E-state index is 11.9. The third kappa shape index (κ3) is 2.99. The number of rotatable bonds is 3. The van der Waals surface area contributed by atoms with Gasteiger partial charge in [0.1, 0.15) is 0 Å². The van der Waals surface area contributed by atoms with E-state index in [2.05, 4.69) is 10.6 Å². The number of hydrogen-bond acceptors (Lipinski definition) is 2. The number of benzene rings is 1. The molecule has 0 bridgehead atoms. The first-order valence-corrected chi connectivity index (χ1v) is 6.31. The van der Waals surface area contributed by atoms with Gasteiger partial charge in [-0.15, -0.1) is 0 Å². The summed E-state index contributed by atoms with van der Waals surface area (Å²) in [5.41, 5.74) is 0.959. The van der Waals surface area contributed by atoms with Crippen molar-refractivity contribution >= 4 is 17.5 Å². The zero-order valence-corrected chi connectivity index (χ0v) is 10.6. The first kappa shape index (κ1) is 12.4. The molecule has 1 aliphatic rings. The SMILES string of the molecule is CC1NCCC1C(=O)NCc1ccccc1Cl. The molecular weight excluding hydrogens is 236 g/mol. The molecule has 17 heavy (non-hydrogen) atoms. The smallest absolute Gasteiger partial charge is 0.224 e. The standard InChI is InChI=1S/C13H17ClN2O/c1-9-11(6-7-15-9)13(17)16-8-10-4-2-3-5-12(10)14/h2-5,9,11,15H,6-8H2,1H3,(H,16,17). The summed E-state index contributed by atoms with van der Waals surface area (Å²) in [5, 5.41) is 6.92. The summed E-state index contributed by atoms with van der Waals surface area (Å²) >= 11 is 6.03. The fourth-order valence-electron chi connectivity index (χ4n) is 2.17. The summed E-state index contributed by atoms with van der Waals surface area (Å²) in [6, 6.07) is 7.84. The van der Waals surface area contributed by atoms with Crippen molar-refractivity contribution in [3.8, 4) is 0 Å². The highest BCUT2D eigenvalue weighted by molar-refractivity contribution is 6.31. The molecule has 1 aromatic carbocycles. The Bertz CT molecular complexity index is 408. The fraction of sp³-hybridized carbons (Fsp3) is 0.462. The molecule has 1 heterocycles. The van der Waals surface area contributed by atoms with Crippen molar-refractivity contribution < 1.29 is 4.79 Å². The maximum absolute atomic E-state index is 11.9. The lowest BCUT2D eigenvalue weighted by atomic mass is 10.0. The van der Waals surface area contributed by atoms with Gasteiger partial charge in [0.05, 0.1) is 5.92 Å². The summed E-state index contributed by atoms with van der Waals surface area (Å²) < 4.78 is 0. The zero-order valence-electron chi connectivity index (χ0n) is 9.87. The predicted octanol–water partition coefficient (Wildman–Crippen LogP) is 1.95. The Balaban J connectivity index is 1.90. The average molecular weight is 253 g/mol. The van der Waals surface area contributed by atoms with Crippen LogP contribution in [-0.2, 0) is 11.3 Å². The van der Waals surface area contributed by atoms with E-state index in [1.807, 2.05) is 31.2 Å². The third-order valence-corrected chi connectivity index (χ3v) is 3.64. The van der Waals surface area contributed by atoms with Crippen LogP contribution in [0.5, 0.6) is 0 Å². The van der Waals surface area contributed by atoms with Crippen LogP contribution in [0.1, 0.15) is 18.9 Å². The molecular formula is C13H17ClN2O. The number of halogens is 1. The second-order valence-electron chi connectivity index (χ2n) is 4.45. The molecule has 1 fully saturated rings. The summed E-state index contributed by atoms with van der Waals surface area (Å²) in [6.07, 6.45) is 0.912. The second-order valence-corrected chi connectivity index (χ2v) is 4.85. The fourth-order valence-corrected chi connectivity index (χ4v) is 2.37. The summed E-state index contributed by atoms with van der Waals surface area (Å²) in [4.78, 5) is 11.9. The highest BCUT2D eigenvalue weighted by Crippen LogP contribution is 2.17. The quantitative estimate of drug-likeness (QED) is 0.864. The van der Waals surface area contributed by atoms with Crippen LogP contribution in [-0.4, -0.2) is 18.5 Å². The van der Waals surface area contributed by atoms with Crippen LogP contribution < -0.4 is 10.6 Å². The minimum atomic E-state index is 0.0810. The molecule has 0 radical (unpaired) electrons. The summed E-state index contributed by atoms with van der Waals surface area (Å²) in [7, 11) is 0. The lowest BCUT2D eigenvalue weighted by molar-refractivity contribution is -0.125. The molecule has 2 rings (SSSR count). The van der Waals surface area contributed by atoms with Crippen LogP contribution in [0, 0.1) is 5.92 Å². The van der Waals surface area contributed by atoms with Crippen LogP contribution in [0.3, 0.4) is 0 Å². The molecule has 0 aromatic heterocycles. The Kier molecular flexibility index (Phi) is 4.02. The Morgan fingerprint density at radius 1 is 1.53 bits per heavy atom. The van der Waals surface area contributed by atoms with Gasteiger partial charge in [-0.2, -0.15) is 0 Å². The van der Waals surface area contributed by atoms with E-state index in [0.29, 0.717) is 11.6 Å². The van der Waals surface area contributed by atoms with Crippen molar-refractivity contribution in [2.75, 3.05) is 6.54 Å².